The molecule has 0 aliphatic carbocycles. The van der Waals surface area contributed by atoms with E-state index < -0.39 is 21.7 Å². The lowest BCUT2D eigenvalue weighted by atomic mass is 10.1. The number of nitrogens with zero attached hydrogens (tertiary/aromatic N) is 3. The molecule has 1 amide bonds. The van der Waals surface area contributed by atoms with E-state index in [4.69, 9.17) is 0 Å². The van der Waals surface area contributed by atoms with Crippen LogP contribution >= 0.6 is 0 Å². The smallest absolute Gasteiger partial charge is 0.255 e. The Balaban J connectivity index is 1.87. The Morgan fingerprint density at radius 1 is 1.17 bits per heavy atom. The molecular weight excluding hydrogens is 407 g/mol. The van der Waals surface area contributed by atoms with Crippen molar-refractivity contribution in [3.8, 4) is 5.69 Å². The highest BCUT2D eigenvalue weighted by atomic mass is 32.2. The number of hydrogen-bond acceptors (Lipinski definition) is 4. The van der Waals surface area contributed by atoms with Crippen LogP contribution in [0.4, 0.5) is 10.1 Å². The lowest BCUT2D eigenvalue weighted by Gasteiger charge is -2.20. The summed E-state index contributed by atoms with van der Waals surface area (Å²) in [4.78, 5) is 12.8. The molecule has 9 heteroatoms. The molecule has 3 rings (SSSR count). The van der Waals surface area contributed by atoms with E-state index in [-0.39, 0.29) is 21.8 Å². The molecule has 1 heterocycles. The molecule has 0 saturated carbocycles. The minimum Gasteiger partial charge on any atom is -0.322 e. The van der Waals surface area contributed by atoms with Gasteiger partial charge in [0.2, 0.25) is 10.0 Å². The van der Waals surface area contributed by atoms with Gasteiger partial charge in [0.25, 0.3) is 5.91 Å². The van der Waals surface area contributed by atoms with Gasteiger partial charge in [-0.25, -0.2) is 17.5 Å². The first-order valence-electron chi connectivity index (χ1n) is 9.49. The van der Waals surface area contributed by atoms with Crippen LogP contribution in [0.1, 0.15) is 29.8 Å². The number of nitrogens with one attached hydrogen (secondary N) is 1. The van der Waals surface area contributed by atoms with Crippen molar-refractivity contribution >= 4 is 21.6 Å². The fourth-order valence-corrected chi connectivity index (χ4v) is 4.82. The Labute approximate surface area is 175 Å². The number of benzene rings is 2. The Morgan fingerprint density at radius 3 is 2.50 bits per heavy atom. The summed E-state index contributed by atoms with van der Waals surface area (Å²) >= 11 is 0. The molecule has 7 nitrogen and oxygen atoms in total. The Hall–Kier alpha value is -3.04. The van der Waals surface area contributed by atoms with Crippen molar-refractivity contribution in [1.29, 1.82) is 0 Å². The van der Waals surface area contributed by atoms with E-state index in [2.05, 4.69) is 10.4 Å². The van der Waals surface area contributed by atoms with Crippen LogP contribution in [0.25, 0.3) is 5.69 Å². The monoisotopic (exact) mass is 430 g/mol. The standard InChI is InChI=1S/C21H23FN4O3S/c1-4-25(5-2)30(28,29)20-13-16(8-7-15(20)3)21(27)24-17-9-10-19(18(22)14-17)26-12-6-11-23-26/h6-14H,4-5H2,1-3H3,(H,24,27). The van der Waals surface area contributed by atoms with Crippen LogP contribution in [0.5, 0.6) is 0 Å². The van der Waals surface area contributed by atoms with Crippen molar-refractivity contribution in [2.75, 3.05) is 18.4 Å². The number of sulfonamides is 1. The molecule has 0 atom stereocenters. The normalized spacial score (nSPS) is 11.6. The summed E-state index contributed by atoms with van der Waals surface area (Å²) in [5, 5.41) is 6.59. The van der Waals surface area contributed by atoms with E-state index in [0.717, 1.165) is 0 Å². The van der Waals surface area contributed by atoms with Crippen molar-refractivity contribution in [2.45, 2.75) is 25.7 Å². The van der Waals surface area contributed by atoms with Crippen LogP contribution in [0.3, 0.4) is 0 Å². The maximum Gasteiger partial charge on any atom is 0.255 e. The molecule has 1 aromatic heterocycles. The second-order valence-corrected chi connectivity index (χ2v) is 8.55. The van der Waals surface area contributed by atoms with Gasteiger partial charge in [-0.2, -0.15) is 9.40 Å². The second-order valence-electron chi connectivity index (χ2n) is 6.64. The minimum atomic E-state index is -3.71. The highest BCUT2D eigenvalue weighted by Crippen LogP contribution is 2.23. The number of halogens is 1. The zero-order valence-electron chi connectivity index (χ0n) is 17.0. The zero-order chi connectivity index (χ0) is 21.9. The van der Waals surface area contributed by atoms with Crippen LogP contribution in [0.15, 0.2) is 59.8 Å². The molecule has 0 saturated heterocycles. The third-order valence-electron chi connectivity index (χ3n) is 4.73. The predicted octanol–water partition coefficient (Wildman–Crippen LogP) is 3.60. The fourth-order valence-electron chi connectivity index (χ4n) is 3.11. The lowest BCUT2D eigenvalue weighted by molar-refractivity contribution is 0.102. The van der Waals surface area contributed by atoms with Gasteiger partial charge in [-0.1, -0.05) is 19.9 Å². The van der Waals surface area contributed by atoms with E-state index in [1.165, 1.54) is 33.4 Å². The molecule has 0 bridgehead atoms. The van der Waals surface area contributed by atoms with Gasteiger partial charge in [0.1, 0.15) is 5.69 Å². The molecule has 3 aromatic rings. The summed E-state index contributed by atoms with van der Waals surface area (Å²) in [5.41, 5.74) is 1.22. The maximum atomic E-state index is 14.4. The average Bonchev–Trinajstić information content (AvgIpc) is 3.23. The van der Waals surface area contributed by atoms with Crippen molar-refractivity contribution in [3.63, 3.8) is 0 Å². The van der Waals surface area contributed by atoms with Crippen LogP contribution in [-0.4, -0.2) is 41.5 Å². The van der Waals surface area contributed by atoms with Gasteiger partial charge >= 0.3 is 0 Å². The van der Waals surface area contributed by atoms with Gasteiger partial charge in [0.05, 0.1) is 4.90 Å². The van der Waals surface area contributed by atoms with Crippen molar-refractivity contribution < 1.29 is 17.6 Å². The third-order valence-corrected chi connectivity index (χ3v) is 6.92. The molecule has 0 unspecified atom stereocenters. The van der Waals surface area contributed by atoms with Crippen LogP contribution in [0.2, 0.25) is 0 Å². The molecular formula is C21H23FN4O3S. The highest BCUT2D eigenvalue weighted by molar-refractivity contribution is 7.89. The average molecular weight is 431 g/mol. The maximum absolute atomic E-state index is 14.4. The highest BCUT2D eigenvalue weighted by Gasteiger charge is 2.24. The Morgan fingerprint density at radius 2 is 1.90 bits per heavy atom. The molecule has 0 aliphatic heterocycles. The van der Waals surface area contributed by atoms with Gasteiger partial charge in [-0.05, 0) is 48.9 Å². The first kappa shape index (κ1) is 21.7. The van der Waals surface area contributed by atoms with Crippen LogP contribution in [-0.2, 0) is 10.0 Å². The van der Waals surface area contributed by atoms with Gasteiger partial charge in [0, 0.05) is 36.7 Å². The molecule has 30 heavy (non-hydrogen) atoms. The van der Waals surface area contributed by atoms with Gasteiger partial charge < -0.3 is 5.32 Å². The van der Waals surface area contributed by atoms with E-state index in [1.807, 2.05) is 0 Å². The molecule has 2 aromatic carbocycles. The summed E-state index contributed by atoms with van der Waals surface area (Å²) in [5.74, 6) is -1.08. The third kappa shape index (κ3) is 4.27. The van der Waals surface area contributed by atoms with E-state index in [0.29, 0.717) is 18.7 Å². The number of anilines is 1. The summed E-state index contributed by atoms with van der Waals surface area (Å²) in [7, 11) is -3.71. The summed E-state index contributed by atoms with van der Waals surface area (Å²) < 4.78 is 42.9. The lowest BCUT2D eigenvalue weighted by Crippen LogP contribution is -2.31. The van der Waals surface area contributed by atoms with E-state index in [9.17, 15) is 17.6 Å². The quantitative estimate of drug-likeness (QED) is 0.621. The zero-order valence-corrected chi connectivity index (χ0v) is 17.8. The van der Waals surface area contributed by atoms with E-state index >= 15 is 0 Å². The molecule has 0 radical (unpaired) electrons. The largest absolute Gasteiger partial charge is 0.322 e. The molecule has 1 N–H and O–H groups in total. The summed E-state index contributed by atoms with van der Waals surface area (Å²) in [6.07, 6.45) is 3.15. The fraction of sp³-hybridized carbons (Fsp3) is 0.238. The topological polar surface area (TPSA) is 84.3 Å². The van der Waals surface area contributed by atoms with Gasteiger partial charge in [-0.3, -0.25) is 4.79 Å². The van der Waals surface area contributed by atoms with Crippen molar-refractivity contribution in [2.24, 2.45) is 0 Å². The SMILES string of the molecule is CCN(CC)S(=O)(=O)c1cc(C(=O)Nc2ccc(-n3cccn3)c(F)c2)ccc1C. The summed E-state index contributed by atoms with van der Waals surface area (Å²) in [6.45, 7) is 5.86. The number of rotatable bonds is 7. The minimum absolute atomic E-state index is 0.0825. The number of carbonyl (C=O) groups is 1. The van der Waals surface area contributed by atoms with Gasteiger partial charge in [-0.15, -0.1) is 0 Å². The molecule has 158 valence electrons. The number of aromatic nitrogens is 2. The first-order chi connectivity index (χ1) is 14.3. The van der Waals surface area contributed by atoms with E-state index in [1.54, 1.807) is 51.2 Å². The number of aryl methyl sites for hydroxylation is 1. The van der Waals surface area contributed by atoms with Crippen LogP contribution < -0.4 is 5.32 Å². The molecule has 0 fully saturated rings. The number of hydrogen-bond donors (Lipinski definition) is 1. The Bertz CT molecular complexity index is 1160. The van der Waals surface area contributed by atoms with Gasteiger partial charge in [0.15, 0.2) is 5.82 Å². The first-order valence-corrected chi connectivity index (χ1v) is 10.9. The molecule has 0 spiro atoms. The Kier molecular flexibility index (Phi) is 6.33. The predicted molar refractivity (Wildman–Crippen MR) is 113 cm³/mol. The van der Waals surface area contributed by atoms with Crippen molar-refractivity contribution in [1.82, 2.24) is 14.1 Å². The molecule has 0 aliphatic rings. The van der Waals surface area contributed by atoms with Crippen molar-refractivity contribution in [3.05, 3.63) is 71.8 Å². The second kappa shape index (κ2) is 8.76. The summed E-state index contributed by atoms with van der Waals surface area (Å²) in [6, 6.07) is 10.4. The number of carbonyl (C=O) groups excluding carboxylic acids is 1. The van der Waals surface area contributed by atoms with Crippen LogP contribution in [0, 0.1) is 12.7 Å². The number of amides is 1.